The molecule has 4 unspecified atom stereocenters. The summed E-state index contributed by atoms with van der Waals surface area (Å²) in [5.74, 6) is 4.80. The standard InChI is InChI=1S/C28H44N10O2/c1-19-20(2)32-27(37(7)14-12-23-10-8-16-39-23)34-25(30-19)29-18-38(15-13-24-11-9-17-40-24)28-33-22(4)21(3)31-26(35-28)36(5)6/h8-11,16-17,19-22H,12-15,18H2,1-7H3,(H,31,33,35)(H2,29,30,32,34). The summed E-state index contributed by atoms with van der Waals surface area (Å²) in [6.07, 6.45) is 4.90. The lowest BCUT2D eigenvalue weighted by molar-refractivity contribution is 0.396. The molecule has 4 rings (SSSR count). The first kappa shape index (κ1) is 29.0. The molecule has 12 nitrogen and oxygen atoms in total. The highest BCUT2D eigenvalue weighted by molar-refractivity contribution is 6.00. The van der Waals surface area contributed by atoms with Crippen molar-refractivity contribution in [1.82, 2.24) is 30.7 Å². The maximum atomic E-state index is 5.61. The van der Waals surface area contributed by atoms with E-state index in [0.29, 0.717) is 25.6 Å². The second-order valence-corrected chi connectivity index (χ2v) is 10.6. The third-order valence-electron chi connectivity index (χ3n) is 7.18. The van der Waals surface area contributed by atoms with Crippen LogP contribution in [-0.4, -0.2) is 104 Å². The highest BCUT2D eigenvalue weighted by Crippen LogP contribution is 2.11. The maximum Gasteiger partial charge on any atom is 0.202 e. The molecule has 0 saturated heterocycles. The van der Waals surface area contributed by atoms with Crippen molar-refractivity contribution >= 4 is 23.8 Å². The van der Waals surface area contributed by atoms with Gasteiger partial charge in [-0.05, 0) is 52.0 Å². The number of nitrogens with one attached hydrogen (secondary N) is 3. The average molecular weight is 553 g/mol. The Balaban J connectivity index is 1.53. The molecule has 0 saturated carbocycles. The Morgan fingerprint density at radius 1 is 0.775 bits per heavy atom. The molecule has 2 aromatic heterocycles. The smallest absolute Gasteiger partial charge is 0.202 e. The Labute approximate surface area is 237 Å². The van der Waals surface area contributed by atoms with Crippen molar-refractivity contribution in [2.45, 2.75) is 64.7 Å². The lowest BCUT2D eigenvalue weighted by atomic mass is 10.2. The van der Waals surface area contributed by atoms with Crippen molar-refractivity contribution in [1.29, 1.82) is 0 Å². The molecule has 0 amide bonds. The number of hydrogen-bond donors (Lipinski definition) is 3. The fraction of sp³-hybridized carbons (Fsp3) is 0.571. The molecule has 0 spiro atoms. The van der Waals surface area contributed by atoms with Gasteiger partial charge in [0.2, 0.25) is 17.9 Å². The van der Waals surface area contributed by atoms with Gasteiger partial charge in [0.25, 0.3) is 0 Å². The molecule has 0 aliphatic carbocycles. The molecule has 4 heterocycles. The summed E-state index contributed by atoms with van der Waals surface area (Å²) in [6.45, 7) is 10.2. The van der Waals surface area contributed by atoms with Crippen LogP contribution in [0.2, 0.25) is 0 Å². The van der Waals surface area contributed by atoms with E-state index >= 15 is 0 Å². The Morgan fingerprint density at radius 2 is 1.38 bits per heavy atom. The molecule has 2 aliphatic rings. The number of guanidine groups is 4. The van der Waals surface area contributed by atoms with Crippen molar-refractivity contribution in [3.8, 4) is 0 Å². The molecule has 3 N–H and O–H groups in total. The number of aliphatic imine (C=N–C) groups is 4. The van der Waals surface area contributed by atoms with E-state index in [-0.39, 0.29) is 24.2 Å². The Morgan fingerprint density at radius 3 is 1.98 bits per heavy atom. The van der Waals surface area contributed by atoms with Crippen LogP contribution >= 0.6 is 0 Å². The Kier molecular flexibility index (Phi) is 9.73. The van der Waals surface area contributed by atoms with Gasteiger partial charge >= 0.3 is 0 Å². The van der Waals surface area contributed by atoms with Crippen molar-refractivity contribution in [2.75, 3.05) is 40.9 Å². The van der Waals surface area contributed by atoms with Crippen LogP contribution in [0.5, 0.6) is 0 Å². The molecule has 2 aromatic rings. The largest absolute Gasteiger partial charge is 0.469 e. The second-order valence-electron chi connectivity index (χ2n) is 10.6. The first-order valence-corrected chi connectivity index (χ1v) is 14.0. The monoisotopic (exact) mass is 552 g/mol. The van der Waals surface area contributed by atoms with Crippen LogP contribution in [0.15, 0.2) is 65.6 Å². The minimum Gasteiger partial charge on any atom is -0.469 e. The average Bonchev–Trinajstić information content (AvgIpc) is 3.59. The third-order valence-corrected chi connectivity index (χ3v) is 7.18. The van der Waals surface area contributed by atoms with E-state index in [1.807, 2.05) is 50.3 Å². The van der Waals surface area contributed by atoms with E-state index in [9.17, 15) is 0 Å². The van der Waals surface area contributed by atoms with Gasteiger partial charge in [0.05, 0.1) is 30.7 Å². The number of furan rings is 2. The van der Waals surface area contributed by atoms with Crippen molar-refractivity contribution in [3.63, 3.8) is 0 Å². The number of rotatable bonds is 8. The van der Waals surface area contributed by atoms with Crippen LogP contribution in [0, 0.1) is 0 Å². The van der Waals surface area contributed by atoms with Gasteiger partial charge in [-0.25, -0.2) is 20.0 Å². The van der Waals surface area contributed by atoms with Crippen LogP contribution < -0.4 is 16.0 Å². The summed E-state index contributed by atoms with van der Waals surface area (Å²) < 4.78 is 11.1. The number of hydrogen-bond acceptors (Lipinski definition) is 10. The molecule has 218 valence electrons. The summed E-state index contributed by atoms with van der Waals surface area (Å²) in [5, 5.41) is 10.4. The van der Waals surface area contributed by atoms with E-state index in [4.69, 9.17) is 28.8 Å². The zero-order valence-corrected chi connectivity index (χ0v) is 24.8. The highest BCUT2D eigenvalue weighted by atomic mass is 16.3. The summed E-state index contributed by atoms with van der Waals surface area (Å²) in [5.41, 5.74) is 0. The topological polar surface area (TPSA) is 122 Å². The van der Waals surface area contributed by atoms with E-state index in [1.165, 1.54) is 0 Å². The summed E-state index contributed by atoms with van der Waals surface area (Å²) in [7, 11) is 5.98. The fourth-order valence-electron chi connectivity index (χ4n) is 4.19. The van der Waals surface area contributed by atoms with Gasteiger partial charge in [-0.1, -0.05) is 0 Å². The van der Waals surface area contributed by atoms with Gasteiger partial charge in [0.1, 0.15) is 18.2 Å². The van der Waals surface area contributed by atoms with E-state index in [0.717, 1.165) is 42.4 Å². The maximum absolute atomic E-state index is 5.61. The first-order valence-electron chi connectivity index (χ1n) is 14.0. The van der Waals surface area contributed by atoms with Crippen molar-refractivity contribution in [3.05, 3.63) is 48.3 Å². The normalized spacial score (nSPS) is 24.0. The van der Waals surface area contributed by atoms with Gasteiger partial charge in [-0.15, -0.1) is 0 Å². The van der Waals surface area contributed by atoms with Crippen LogP contribution in [0.25, 0.3) is 0 Å². The zero-order chi connectivity index (χ0) is 28.6. The molecule has 0 aromatic carbocycles. The molecule has 40 heavy (non-hydrogen) atoms. The van der Waals surface area contributed by atoms with Gasteiger partial charge < -0.3 is 28.9 Å². The predicted octanol–water partition coefficient (Wildman–Crippen LogP) is 2.18. The minimum absolute atomic E-state index is 0.00951. The van der Waals surface area contributed by atoms with Gasteiger partial charge in [0.15, 0.2) is 5.96 Å². The predicted molar refractivity (Wildman–Crippen MR) is 160 cm³/mol. The number of nitrogens with zero attached hydrogens (tertiary/aromatic N) is 7. The zero-order valence-electron chi connectivity index (χ0n) is 24.8. The minimum atomic E-state index is 0.00951. The Hall–Kier alpha value is -3.96. The second kappa shape index (κ2) is 13.4. The van der Waals surface area contributed by atoms with Gasteiger partial charge in [0, 0.05) is 53.1 Å². The van der Waals surface area contributed by atoms with E-state index in [1.54, 1.807) is 12.5 Å². The number of likely N-dealkylation sites (N-methyl/N-ethyl adjacent to an activating group) is 1. The molecule has 4 atom stereocenters. The van der Waals surface area contributed by atoms with Crippen LogP contribution in [0.1, 0.15) is 39.2 Å². The van der Waals surface area contributed by atoms with E-state index in [2.05, 4.69) is 53.4 Å². The molecule has 12 heteroatoms. The molecular formula is C28H44N10O2. The molecule has 0 radical (unpaired) electrons. The summed E-state index contributed by atoms with van der Waals surface area (Å²) in [6, 6.07) is 8.01. The lowest BCUT2D eigenvalue weighted by Gasteiger charge is -2.27. The first-order chi connectivity index (χ1) is 19.2. The Bertz CT molecular complexity index is 1190. The van der Waals surface area contributed by atoms with Gasteiger partial charge in [-0.3, -0.25) is 10.6 Å². The van der Waals surface area contributed by atoms with Crippen molar-refractivity contribution < 1.29 is 8.83 Å². The fourth-order valence-corrected chi connectivity index (χ4v) is 4.19. The van der Waals surface area contributed by atoms with Crippen LogP contribution in [0.4, 0.5) is 0 Å². The third kappa shape index (κ3) is 7.80. The molecule has 0 fully saturated rings. The van der Waals surface area contributed by atoms with Crippen LogP contribution in [-0.2, 0) is 12.8 Å². The quantitative estimate of drug-likeness (QED) is 0.456. The SMILES string of the molecule is CC1N=C(N(C)C)NC(N(CCc2ccco2)CN=C2NC(N(C)CCc3ccco3)=NC(C)C(C)N2)=NC1C. The van der Waals surface area contributed by atoms with Gasteiger partial charge in [-0.2, -0.15) is 0 Å². The molecule has 2 aliphatic heterocycles. The lowest BCUT2D eigenvalue weighted by Crippen LogP contribution is -2.51. The van der Waals surface area contributed by atoms with Crippen molar-refractivity contribution in [2.24, 2.45) is 20.0 Å². The van der Waals surface area contributed by atoms with Crippen LogP contribution in [0.3, 0.4) is 0 Å². The molecular weight excluding hydrogens is 508 g/mol. The summed E-state index contributed by atoms with van der Waals surface area (Å²) in [4.78, 5) is 25.9. The molecule has 0 bridgehead atoms. The highest BCUT2D eigenvalue weighted by Gasteiger charge is 2.25. The van der Waals surface area contributed by atoms with E-state index < -0.39 is 0 Å². The summed E-state index contributed by atoms with van der Waals surface area (Å²) >= 11 is 0.